The van der Waals surface area contributed by atoms with E-state index < -0.39 is 4.92 Å². The van der Waals surface area contributed by atoms with Crippen LogP contribution in [0.4, 0.5) is 5.69 Å². The number of hydrogen-bond donors (Lipinski definition) is 1. The number of nitrogens with one attached hydrogen (secondary N) is 1. The second-order valence-corrected chi connectivity index (χ2v) is 7.39. The molecule has 0 saturated carbocycles. The minimum Gasteiger partial charge on any atom is -0.376 e. The van der Waals surface area contributed by atoms with Crippen LogP contribution < -0.4 is 5.32 Å². The smallest absolute Gasteiger partial charge is 0.284 e. The highest BCUT2D eigenvalue weighted by atomic mass is 35.5. The highest BCUT2D eigenvalue weighted by Gasteiger charge is 2.20. The Morgan fingerprint density at radius 1 is 1.31 bits per heavy atom. The minimum absolute atomic E-state index is 0.0219. The van der Waals surface area contributed by atoms with Gasteiger partial charge in [0.25, 0.3) is 11.6 Å². The topological polar surface area (TPSA) is 81.5 Å². The van der Waals surface area contributed by atoms with Gasteiger partial charge >= 0.3 is 0 Å². The van der Waals surface area contributed by atoms with Gasteiger partial charge in [-0.05, 0) is 49.2 Å². The van der Waals surface area contributed by atoms with E-state index in [4.69, 9.17) is 16.3 Å². The zero-order valence-electron chi connectivity index (χ0n) is 13.8. The number of nitro groups is 1. The maximum atomic E-state index is 12.3. The van der Waals surface area contributed by atoms with Crippen molar-refractivity contribution in [1.82, 2.24) is 5.32 Å². The van der Waals surface area contributed by atoms with Crippen molar-refractivity contribution in [2.24, 2.45) is 0 Å². The number of amides is 1. The van der Waals surface area contributed by atoms with Gasteiger partial charge in [0.1, 0.15) is 0 Å². The van der Waals surface area contributed by atoms with Crippen molar-refractivity contribution in [1.29, 1.82) is 0 Å². The van der Waals surface area contributed by atoms with Gasteiger partial charge in [0, 0.05) is 34.7 Å². The number of nitrogens with zero attached hydrogens (tertiary/aromatic N) is 1. The van der Waals surface area contributed by atoms with Crippen LogP contribution in [0.25, 0.3) is 0 Å². The lowest BCUT2D eigenvalue weighted by Crippen LogP contribution is -2.31. The number of carbonyl (C=O) groups is 1. The van der Waals surface area contributed by atoms with Crippen molar-refractivity contribution < 1.29 is 14.5 Å². The quantitative estimate of drug-likeness (QED) is 0.585. The molecule has 3 rings (SSSR count). The molecule has 0 radical (unpaired) electrons. The van der Waals surface area contributed by atoms with Crippen LogP contribution in [0.2, 0.25) is 5.02 Å². The number of hydrogen-bond acceptors (Lipinski definition) is 5. The molecule has 1 amide bonds. The van der Waals surface area contributed by atoms with E-state index in [0.29, 0.717) is 23.1 Å². The third kappa shape index (κ3) is 4.75. The number of ether oxygens (including phenoxy) is 1. The summed E-state index contributed by atoms with van der Waals surface area (Å²) in [7, 11) is 0. The molecule has 0 aliphatic carbocycles. The van der Waals surface area contributed by atoms with Gasteiger partial charge in [0.2, 0.25) is 0 Å². The van der Waals surface area contributed by atoms with Gasteiger partial charge in [-0.3, -0.25) is 14.9 Å². The summed E-state index contributed by atoms with van der Waals surface area (Å²) in [6, 6.07) is 11.5. The lowest BCUT2D eigenvalue weighted by molar-refractivity contribution is -0.387. The molecule has 26 heavy (non-hydrogen) atoms. The maximum Gasteiger partial charge on any atom is 0.284 e. The molecule has 1 N–H and O–H groups in total. The summed E-state index contributed by atoms with van der Waals surface area (Å²) < 4.78 is 5.46. The van der Waals surface area contributed by atoms with Gasteiger partial charge in [-0.15, -0.1) is 0 Å². The van der Waals surface area contributed by atoms with Crippen LogP contribution in [-0.2, 0) is 4.74 Å². The first-order valence-electron chi connectivity index (χ1n) is 8.14. The van der Waals surface area contributed by atoms with Crippen LogP contribution in [0, 0.1) is 10.1 Å². The molecule has 0 spiro atoms. The second kappa shape index (κ2) is 8.53. The third-order valence-electron chi connectivity index (χ3n) is 3.97. The molecule has 1 atom stereocenters. The molecule has 0 bridgehead atoms. The summed E-state index contributed by atoms with van der Waals surface area (Å²) in [4.78, 5) is 24.5. The summed E-state index contributed by atoms with van der Waals surface area (Å²) in [5.41, 5.74) is 0.157. The molecule has 1 heterocycles. The average Bonchev–Trinajstić information content (AvgIpc) is 3.15. The third-order valence-corrected chi connectivity index (χ3v) is 5.30. The van der Waals surface area contributed by atoms with Crippen molar-refractivity contribution >= 4 is 35.0 Å². The van der Waals surface area contributed by atoms with Gasteiger partial charge in [0.05, 0.1) is 15.9 Å². The van der Waals surface area contributed by atoms with Crippen molar-refractivity contribution in [3.05, 3.63) is 63.2 Å². The van der Waals surface area contributed by atoms with Gasteiger partial charge in [-0.25, -0.2) is 0 Å². The van der Waals surface area contributed by atoms with Crippen LogP contribution in [0.5, 0.6) is 0 Å². The zero-order valence-corrected chi connectivity index (χ0v) is 15.4. The molecule has 2 aromatic rings. The number of rotatable bonds is 6. The Hall–Kier alpha value is -2.09. The van der Waals surface area contributed by atoms with Crippen LogP contribution in [-0.4, -0.2) is 30.1 Å². The SMILES string of the molecule is O=C(NC[C@H]1CCCO1)c1ccc(Sc2ccc(Cl)cc2)c([N+](=O)[O-])c1. The van der Waals surface area contributed by atoms with E-state index in [1.807, 2.05) is 0 Å². The van der Waals surface area contributed by atoms with E-state index in [1.165, 1.54) is 17.8 Å². The van der Waals surface area contributed by atoms with Crippen molar-refractivity contribution in [3.63, 3.8) is 0 Å². The average molecular weight is 393 g/mol. The summed E-state index contributed by atoms with van der Waals surface area (Å²) in [5, 5.41) is 14.8. The second-order valence-electron chi connectivity index (χ2n) is 5.84. The molecule has 8 heteroatoms. The fourth-order valence-corrected chi connectivity index (χ4v) is 3.66. The van der Waals surface area contributed by atoms with Crippen LogP contribution >= 0.6 is 23.4 Å². The normalized spacial score (nSPS) is 16.4. The van der Waals surface area contributed by atoms with Crippen molar-refractivity contribution in [2.75, 3.05) is 13.2 Å². The first kappa shape index (κ1) is 18.7. The van der Waals surface area contributed by atoms with Gasteiger partial charge in [-0.1, -0.05) is 23.4 Å². The molecule has 0 unspecified atom stereocenters. The summed E-state index contributed by atoms with van der Waals surface area (Å²) in [6.07, 6.45) is 1.92. The molecule has 6 nitrogen and oxygen atoms in total. The minimum atomic E-state index is -0.477. The lowest BCUT2D eigenvalue weighted by Gasteiger charge is -2.11. The number of carbonyl (C=O) groups excluding carboxylic acids is 1. The van der Waals surface area contributed by atoms with Crippen LogP contribution in [0.3, 0.4) is 0 Å². The van der Waals surface area contributed by atoms with E-state index >= 15 is 0 Å². The maximum absolute atomic E-state index is 12.3. The predicted octanol–water partition coefficient (Wildman–Crippen LogP) is 4.31. The lowest BCUT2D eigenvalue weighted by atomic mass is 10.2. The van der Waals surface area contributed by atoms with Crippen LogP contribution in [0.1, 0.15) is 23.2 Å². The first-order chi connectivity index (χ1) is 12.5. The predicted molar refractivity (Wildman–Crippen MR) is 100.0 cm³/mol. The van der Waals surface area contributed by atoms with E-state index in [2.05, 4.69) is 5.32 Å². The fourth-order valence-electron chi connectivity index (χ4n) is 2.63. The summed E-state index contributed by atoms with van der Waals surface area (Å²) in [6.45, 7) is 1.12. The Labute approximate surface area is 160 Å². The van der Waals surface area contributed by atoms with Crippen molar-refractivity contribution in [2.45, 2.75) is 28.7 Å². The molecule has 136 valence electrons. The largest absolute Gasteiger partial charge is 0.376 e. The summed E-state index contributed by atoms with van der Waals surface area (Å²) in [5.74, 6) is -0.341. The van der Waals surface area contributed by atoms with E-state index in [0.717, 1.165) is 17.7 Å². The first-order valence-corrected chi connectivity index (χ1v) is 9.34. The van der Waals surface area contributed by atoms with Crippen LogP contribution in [0.15, 0.2) is 52.3 Å². The zero-order chi connectivity index (χ0) is 18.5. The van der Waals surface area contributed by atoms with E-state index in [9.17, 15) is 14.9 Å². The fraction of sp³-hybridized carbons (Fsp3) is 0.278. The number of benzene rings is 2. The molecule has 0 aromatic heterocycles. The molecule has 2 aromatic carbocycles. The molecule has 1 saturated heterocycles. The molecule has 1 aliphatic heterocycles. The Balaban J connectivity index is 1.74. The molecule has 1 fully saturated rings. The highest BCUT2D eigenvalue weighted by molar-refractivity contribution is 7.99. The van der Waals surface area contributed by atoms with Gasteiger partial charge in [-0.2, -0.15) is 0 Å². The Kier molecular flexibility index (Phi) is 6.13. The summed E-state index contributed by atoms with van der Waals surface area (Å²) >= 11 is 7.11. The number of nitro benzene ring substituents is 1. The Morgan fingerprint density at radius 3 is 2.73 bits per heavy atom. The van der Waals surface area contributed by atoms with Crippen molar-refractivity contribution in [3.8, 4) is 0 Å². The van der Waals surface area contributed by atoms with E-state index in [-0.39, 0.29) is 23.3 Å². The Morgan fingerprint density at radius 2 is 2.08 bits per heavy atom. The van der Waals surface area contributed by atoms with Gasteiger partial charge in [0.15, 0.2) is 0 Å². The van der Waals surface area contributed by atoms with E-state index in [1.54, 1.807) is 36.4 Å². The molecular formula is C18H17ClN2O4S. The molecular weight excluding hydrogens is 376 g/mol. The standard InChI is InChI=1S/C18H17ClN2O4S/c19-13-4-6-15(7-5-13)26-17-8-3-12(10-16(17)21(23)24)18(22)20-11-14-2-1-9-25-14/h3-8,10,14H,1-2,9,11H2,(H,20,22)/t14-/m1/s1. The van der Waals surface area contributed by atoms with Gasteiger partial charge < -0.3 is 10.1 Å². The number of halogens is 1. The molecule has 1 aliphatic rings. The monoisotopic (exact) mass is 392 g/mol. The Bertz CT molecular complexity index is 807. The highest BCUT2D eigenvalue weighted by Crippen LogP contribution is 2.35.